The number of hydrogen-bond acceptors (Lipinski definition) is 10. The summed E-state index contributed by atoms with van der Waals surface area (Å²) in [5, 5.41) is 5.92. The number of aryl methyl sites for hydroxylation is 2. The van der Waals surface area contributed by atoms with Crippen molar-refractivity contribution < 1.29 is 46.1 Å². The number of ether oxygens (including phenoxy) is 4. The first kappa shape index (κ1) is 49.6. The molecule has 4 bridgehead atoms. The van der Waals surface area contributed by atoms with Gasteiger partial charge in [0.25, 0.3) is 11.8 Å². The number of nitrogens with two attached hydrogens (primary N) is 2. The van der Waals surface area contributed by atoms with Gasteiger partial charge in [0.15, 0.2) is 0 Å². The molecule has 8 aromatic rings. The zero-order chi connectivity index (χ0) is 53.1. The van der Waals surface area contributed by atoms with Crippen molar-refractivity contribution in [2.75, 3.05) is 24.7 Å². The number of pyridine rings is 2. The fourth-order valence-electron chi connectivity index (χ4n) is 10.7. The minimum absolute atomic E-state index is 0.225. The van der Waals surface area contributed by atoms with E-state index in [1.54, 1.807) is 24.3 Å². The number of nitrogen functional groups attached to an aromatic ring is 2. The van der Waals surface area contributed by atoms with Gasteiger partial charge in [-0.3, -0.25) is 9.59 Å². The minimum Gasteiger partial charge on any atom is -0.493 e. The minimum atomic E-state index is -0.619. The van der Waals surface area contributed by atoms with E-state index >= 15 is 0 Å². The first-order valence-electron chi connectivity index (χ1n) is 24.8. The monoisotopic (exact) mass is 1030 g/mol. The molecule has 2 aromatic heterocycles. The molecule has 4 unspecified atom stereocenters. The summed E-state index contributed by atoms with van der Waals surface area (Å²) >= 11 is 0. The third-order valence-electron chi connectivity index (χ3n) is 14.2. The predicted octanol–water partition coefficient (Wildman–Crippen LogP) is 11.5. The largest absolute Gasteiger partial charge is 0.493 e. The molecule has 0 aliphatic carbocycles. The van der Waals surface area contributed by atoms with Crippen LogP contribution in [0.4, 0.5) is 29.2 Å². The Morgan fingerprint density at radius 3 is 1.26 bits per heavy atom. The summed E-state index contributed by atoms with van der Waals surface area (Å²) in [5.41, 5.74) is 25.3. The number of rotatable bonds is 12. The topological polar surface area (TPSA) is 173 Å². The molecule has 16 heteroatoms. The van der Waals surface area contributed by atoms with Crippen molar-refractivity contribution in [3.8, 4) is 33.8 Å². The average molecular weight is 1030 g/mol. The quantitative estimate of drug-likeness (QED) is 0.0863. The second kappa shape index (κ2) is 19.9. The zero-order valence-electron chi connectivity index (χ0n) is 41.7. The first-order valence-corrected chi connectivity index (χ1v) is 24.8. The second-order valence-corrected chi connectivity index (χ2v) is 18.9. The molecule has 6 N–H and O–H groups in total. The molecule has 0 spiro atoms. The van der Waals surface area contributed by atoms with E-state index in [9.17, 15) is 27.2 Å². The Morgan fingerprint density at radius 1 is 0.500 bits per heavy atom. The molecule has 0 saturated heterocycles. The van der Waals surface area contributed by atoms with Crippen LogP contribution in [0.2, 0.25) is 0 Å². The van der Waals surface area contributed by atoms with Crippen molar-refractivity contribution in [2.45, 2.75) is 65.2 Å². The van der Waals surface area contributed by atoms with Crippen molar-refractivity contribution >= 4 is 23.5 Å². The van der Waals surface area contributed by atoms with Gasteiger partial charge in [0.2, 0.25) is 0 Å². The van der Waals surface area contributed by atoms with Crippen molar-refractivity contribution in [1.82, 2.24) is 20.6 Å². The highest BCUT2D eigenvalue weighted by atomic mass is 19.1. The summed E-state index contributed by atoms with van der Waals surface area (Å²) < 4.78 is 79.5. The van der Waals surface area contributed by atoms with Crippen LogP contribution < -0.4 is 31.6 Å². The fraction of sp³-hybridized carbons (Fsp3) is 0.200. The highest BCUT2D eigenvalue weighted by Crippen LogP contribution is 2.56. The number of halogens is 4. The van der Waals surface area contributed by atoms with Gasteiger partial charge in [-0.1, -0.05) is 36.4 Å². The Hall–Kier alpha value is -8.60. The molecule has 4 aliphatic heterocycles. The number of nitrogens with zero attached hydrogens (tertiary/aromatic N) is 2. The summed E-state index contributed by atoms with van der Waals surface area (Å²) in [5.74, 6) is -0.990. The molecule has 76 heavy (non-hydrogen) atoms. The molecular formula is C60H50F4N6O6. The van der Waals surface area contributed by atoms with Gasteiger partial charge in [-0.05, 0) is 144 Å². The third kappa shape index (κ3) is 9.02. The molecule has 4 atom stereocenters. The van der Waals surface area contributed by atoms with Gasteiger partial charge in [-0.25, -0.2) is 27.5 Å². The third-order valence-corrected chi connectivity index (χ3v) is 14.2. The van der Waals surface area contributed by atoms with E-state index < -0.39 is 23.3 Å². The summed E-state index contributed by atoms with van der Waals surface area (Å²) in [6.45, 7) is 8.85. The number of amides is 2. The number of benzene rings is 6. The Balaban J connectivity index is 0.000000162. The molecule has 12 nitrogen and oxygen atoms in total. The van der Waals surface area contributed by atoms with E-state index in [1.165, 1.54) is 24.3 Å². The number of hydrogen-bond donors (Lipinski definition) is 4. The van der Waals surface area contributed by atoms with E-state index in [0.29, 0.717) is 81.1 Å². The number of nitrogens with one attached hydrogen (secondary N) is 2. The summed E-state index contributed by atoms with van der Waals surface area (Å²) in [4.78, 5) is 34.8. The number of carbonyl (C=O) groups is 2. The van der Waals surface area contributed by atoms with Gasteiger partial charge in [-0.2, -0.15) is 0 Å². The van der Waals surface area contributed by atoms with Crippen molar-refractivity contribution in [3.05, 3.63) is 223 Å². The van der Waals surface area contributed by atoms with Crippen LogP contribution in [0.15, 0.2) is 121 Å². The lowest BCUT2D eigenvalue weighted by molar-refractivity contribution is 0.0856. The number of aromatic nitrogens is 2. The van der Waals surface area contributed by atoms with Crippen molar-refractivity contribution in [2.24, 2.45) is 0 Å². The normalized spacial score (nSPS) is 16.7. The predicted molar refractivity (Wildman–Crippen MR) is 277 cm³/mol. The van der Waals surface area contributed by atoms with Crippen LogP contribution in [0.3, 0.4) is 0 Å². The highest BCUT2D eigenvalue weighted by molar-refractivity contribution is 5.95. The summed E-state index contributed by atoms with van der Waals surface area (Å²) in [6.07, 6.45) is -1.22. The Kier molecular flexibility index (Phi) is 13.0. The van der Waals surface area contributed by atoms with E-state index in [2.05, 4.69) is 20.6 Å². The van der Waals surface area contributed by atoms with Crippen molar-refractivity contribution in [3.63, 3.8) is 0 Å². The summed E-state index contributed by atoms with van der Waals surface area (Å²) in [6, 6.07) is 32.8. The van der Waals surface area contributed by atoms with Gasteiger partial charge in [0.05, 0.1) is 13.2 Å². The van der Waals surface area contributed by atoms with Crippen LogP contribution >= 0.6 is 0 Å². The molecule has 384 valence electrons. The van der Waals surface area contributed by atoms with Crippen molar-refractivity contribution in [1.29, 1.82) is 0 Å². The molecule has 6 heterocycles. The molecule has 2 amide bonds. The van der Waals surface area contributed by atoms with Crippen LogP contribution in [0, 0.1) is 37.1 Å². The lowest BCUT2D eigenvalue weighted by atomic mass is 9.83. The van der Waals surface area contributed by atoms with Gasteiger partial charge in [0.1, 0.15) is 70.8 Å². The molecule has 0 radical (unpaired) electrons. The zero-order valence-corrected chi connectivity index (χ0v) is 41.7. The highest BCUT2D eigenvalue weighted by Gasteiger charge is 2.44. The van der Waals surface area contributed by atoms with E-state index in [4.69, 9.17) is 30.4 Å². The molecular weight excluding hydrogens is 977 g/mol. The van der Waals surface area contributed by atoms with E-state index in [0.717, 1.165) is 67.8 Å². The van der Waals surface area contributed by atoms with E-state index in [1.807, 2.05) is 88.4 Å². The number of fused-ring (bicyclic) bond motifs is 16. The Labute approximate surface area is 435 Å². The second-order valence-electron chi connectivity index (χ2n) is 18.9. The number of carbonyl (C=O) groups excluding carboxylic acids is 2. The van der Waals surface area contributed by atoms with Crippen LogP contribution in [-0.2, 0) is 22.6 Å². The van der Waals surface area contributed by atoms with Crippen LogP contribution in [0.1, 0.15) is 126 Å². The maximum absolute atomic E-state index is 14.4. The SMILES string of the molecule is CCOc1cc(N)nc(C)c1CNC(=O)c1ccc2c(c1)C1OC2c2cc(-c3ccc(F)cc3F)ccc21.CCOc1cc(N)nc(C)c1CNC(=O)c1ccc2c(c1)C1OC2c2ccc(-c3ccc(F)cc3F)cc21. The molecule has 0 saturated carbocycles. The lowest BCUT2D eigenvalue weighted by Crippen LogP contribution is -2.24. The van der Waals surface area contributed by atoms with Gasteiger partial charge < -0.3 is 41.0 Å². The van der Waals surface area contributed by atoms with E-state index in [-0.39, 0.29) is 49.3 Å². The Bertz CT molecular complexity index is 3680. The summed E-state index contributed by atoms with van der Waals surface area (Å²) in [7, 11) is 0. The van der Waals surface area contributed by atoms with Crippen LogP contribution in [0.5, 0.6) is 11.5 Å². The molecule has 12 rings (SSSR count). The van der Waals surface area contributed by atoms with Gasteiger partial charge >= 0.3 is 0 Å². The first-order chi connectivity index (χ1) is 36.7. The lowest BCUT2D eigenvalue weighted by Gasteiger charge is -2.18. The standard InChI is InChI=1S/2C30H25F2N3O3/c1-3-37-26-13-27(33)35-15(2)24(26)14-34-30(36)17-5-8-21-23(11-17)29-20-7-4-16(10-22(20)28(21)38-29)19-9-6-18(31)12-25(19)32;1-3-37-26-13-27(33)35-15(2)24(26)14-34-30(36)17-5-8-21-23(11-17)29-22-10-16(4-7-20(22)28(21)38-29)19-9-6-18(31)12-25(19)32/h2*4-13,28-29H,3,14H2,1-2H3,(H2,33,35)(H,34,36). The Morgan fingerprint density at radius 2 is 0.868 bits per heavy atom. The van der Waals surface area contributed by atoms with Crippen LogP contribution in [-0.4, -0.2) is 35.0 Å². The number of anilines is 2. The molecule has 6 aromatic carbocycles. The molecule has 0 fully saturated rings. The molecule has 4 aliphatic rings. The fourth-order valence-corrected chi connectivity index (χ4v) is 10.7. The smallest absolute Gasteiger partial charge is 0.251 e. The average Bonchev–Trinajstić information content (AvgIpc) is 4.31. The van der Waals surface area contributed by atoms with Crippen LogP contribution in [0.25, 0.3) is 22.3 Å². The maximum atomic E-state index is 14.4. The van der Waals surface area contributed by atoms with Gasteiger partial charge in [0, 0.05) is 82.1 Å². The van der Waals surface area contributed by atoms with Gasteiger partial charge in [-0.15, -0.1) is 0 Å². The maximum Gasteiger partial charge on any atom is 0.251 e.